The minimum Gasteiger partial charge on any atom is -0.494 e. The van der Waals surface area contributed by atoms with Gasteiger partial charge in [-0.3, -0.25) is 10.00 Å². The van der Waals surface area contributed by atoms with E-state index in [1.165, 1.54) is 6.07 Å². The number of rotatable bonds is 4. The van der Waals surface area contributed by atoms with Crippen LogP contribution in [0.2, 0.25) is 0 Å². The van der Waals surface area contributed by atoms with Gasteiger partial charge in [-0.05, 0) is 24.6 Å². The van der Waals surface area contributed by atoms with Crippen LogP contribution in [0.25, 0.3) is 11.0 Å². The first-order valence-corrected chi connectivity index (χ1v) is 10.4. The van der Waals surface area contributed by atoms with Crippen LogP contribution in [0.4, 0.5) is 29.5 Å². The van der Waals surface area contributed by atoms with Gasteiger partial charge in [-0.15, -0.1) is 0 Å². The van der Waals surface area contributed by atoms with E-state index in [9.17, 15) is 18.0 Å². The Hall–Kier alpha value is -3.57. The number of amides is 2. The first-order chi connectivity index (χ1) is 15.7. The van der Waals surface area contributed by atoms with Gasteiger partial charge < -0.3 is 14.5 Å². The highest BCUT2D eigenvalue weighted by Crippen LogP contribution is 2.35. The van der Waals surface area contributed by atoms with Gasteiger partial charge in [0.25, 0.3) is 0 Å². The van der Waals surface area contributed by atoms with E-state index in [-0.39, 0.29) is 11.9 Å². The minimum atomic E-state index is -4.70. The molecule has 1 fully saturated rings. The lowest BCUT2D eigenvalue weighted by molar-refractivity contribution is -0.142. The maximum Gasteiger partial charge on any atom is 0.437 e. The number of nitrogens with zero attached hydrogens (tertiary/aromatic N) is 6. The van der Waals surface area contributed by atoms with Gasteiger partial charge in [-0.25, -0.2) is 14.8 Å². The van der Waals surface area contributed by atoms with Gasteiger partial charge in [-0.2, -0.15) is 18.3 Å². The molecule has 176 valence electrons. The third kappa shape index (κ3) is 4.37. The number of carbonyl (C=O) groups is 1. The highest BCUT2D eigenvalue weighted by molar-refractivity contribution is 5.90. The summed E-state index contributed by atoms with van der Waals surface area (Å²) in [5.74, 6) is -0.589. The van der Waals surface area contributed by atoms with Crippen molar-refractivity contribution in [2.24, 2.45) is 7.05 Å². The second kappa shape index (κ2) is 8.75. The third-order valence-corrected chi connectivity index (χ3v) is 5.74. The minimum absolute atomic E-state index is 0.0184. The van der Waals surface area contributed by atoms with Gasteiger partial charge in [0.15, 0.2) is 11.3 Å². The van der Waals surface area contributed by atoms with Crippen LogP contribution in [0.1, 0.15) is 19.0 Å². The number of nitrogens with one attached hydrogen (secondary N) is 1. The smallest absolute Gasteiger partial charge is 0.437 e. The predicted octanol–water partition coefficient (Wildman–Crippen LogP) is 3.52. The molecule has 0 aliphatic carbocycles. The third-order valence-electron chi connectivity index (χ3n) is 5.74. The van der Waals surface area contributed by atoms with E-state index in [0.29, 0.717) is 19.6 Å². The van der Waals surface area contributed by atoms with Gasteiger partial charge in [0.1, 0.15) is 11.6 Å². The second-order valence-corrected chi connectivity index (χ2v) is 7.71. The molecule has 1 aliphatic heterocycles. The number of piperazine rings is 1. The van der Waals surface area contributed by atoms with Crippen molar-refractivity contribution in [1.82, 2.24) is 24.6 Å². The largest absolute Gasteiger partial charge is 0.494 e. The van der Waals surface area contributed by atoms with E-state index in [0.717, 1.165) is 36.3 Å². The van der Waals surface area contributed by atoms with Gasteiger partial charge in [0, 0.05) is 38.9 Å². The molecule has 1 saturated heterocycles. The fourth-order valence-electron chi connectivity index (χ4n) is 4.06. The number of ether oxygens (including phenoxy) is 1. The van der Waals surface area contributed by atoms with Crippen LogP contribution < -0.4 is 15.0 Å². The topological polar surface area (TPSA) is 88.4 Å². The number of methoxy groups -OCH3 is 1. The van der Waals surface area contributed by atoms with Crippen molar-refractivity contribution < 1.29 is 22.7 Å². The molecule has 4 heterocycles. The molecule has 4 rings (SSSR count). The number of hydrogen-bond acceptors (Lipinski definition) is 6. The Balaban J connectivity index is 1.50. The maximum absolute atomic E-state index is 13.2. The van der Waals surface area contributed by atoms with Crippen LogP contribution in [-0.4, -0.2) is 63.5 Å². The number of anilines is 2. The zero-order valence-corrected chi connectivity index (χ0v) is 18.4. The fourth-order valence-corrected chi connectivity index (χ4v) is 4.06. The molecule has 2 amide bonds. The Labute approximate surface area is 188 Å². The Bertz CT molecular complexity index is 1160. The van der Waals surface area contributed by atoms with Crippen LogP contribution in [0.15, 0.2) is 30.6 Å². The Morgan fingerprint density at radius 1 is 1.27 bits per heavy atom. The van der Waals surface area contributed by atoms with Gasteiger partial charge in [0.2, 0.25) is 0 Å². The monoisotopic (exact) mass is 463 g/mol. The summed E-state index contributed by atoms with van der Waals surface area (Å²) in [4.78, 5) is 24.6. The first kappa shape index (κ1) is 22.6. The molecule has 12 heteroatoms. The summed E-state index contributed by atoms with van der Waals surface area (Å²) in [6, 6.07) is 3.88. The summed E-state index contributed by atoms with van der Waals surface area (Å²) < 4.78 is 46.2. The maximum atomic E-state index is 13.2. The normalized spacial score (nSPS) is 16.8. The van der Waals surface area contributed by atoms with E-state index < -0.39 is 23.7 Å². The number of hydrogen-bond donors (Lipinski definition) is 1. The number of fused-ring (bicyclic) bond motifs is 1. The molecule has 9 nitrogen and oxygen atoms in total. The number of pyridine rings is 2. The Kier molecular flexibility index (Phi) is 6.00. The van der Waals surface area contributed by atoms with Gasteiger partial charge in [-0.1, -0.05) is 6.92 Å². The van der Waals surface area contributed by atoms with E-state index in [4.69, 9.17) is 4.74 Å². The summed E-state index contributed by atoms with van der Waals surface area (Å²) in [5.41, 5.74) is 0.581. The molecule has 0 radical (unpaired) electrons. The molecule has 3 aromatic heterocycles. The van der Waals surface area contributed by atoms with Gasteiger partial charge >= 0.3 is 12.2 Å². The summed E-state index contributed by atoms with van der Waals surface area (Å²) in [7, 11) is 2.97. The Morgan fingerprint density at radius 2 is 2.06 bits per heavy atom. The predicted molar refractivity (Wildman–Crippen MR) is 116 cm³/mol. The van der Waals surface area contributed by atoms with E-state index in [2.05, 4.69) is 25.3 Å². The van der Waals surface area contributed by atoms with E-state index in [1.807, 2.05) is 20.0 Å². The molecular weight excluding hydrogens is 439 g/mol. The first-order valence-electron chi connectivity index (χ1n) is 10.4. The van der Waals surface area contributed by atoms with Crippen LogP contribution in [-0.2, 0) is 13.2 Å². The molecule has 0 aromatic carbocycles. The number of halogens is 3. The van der Waals surface area contributed by atoms with Crippen molar-refractivity contribution in [3.8, 4) is 5.75 Å². The lowest BCUT2D eigenvalue weighted by atomic mass is 10.1. The van der Waals surface area contributed by atoms with Crippen LogP contribution in [0.5, 0.6) is 5.75 Å². The van der Waals surface area contributed by atoms with Crippen molar-refractivity contribution in [2.75, 3.05) is 37.0 Å². The summed E-state index contributed by atoms with van der Waals surface area (Å²) >= 11 is 0. The van der Waals surface area contributed by atoms with Crippen LogP contribution in [0.3, 0.4) is 0 Å². The molecule has 1 N–H and O–H groups in total. The number of carbonyl (C=O) groups excluding carboxylic acids is 1. The number of alkyl halides is 3. The lowest BCUT2D eigenvalue weighted by Gasteiger charge is -2.42. The SMILES string of the molecule is CC[C@H]1CN(C(=O)Nc2ccc(OC)c(C(F)(F)F)n2)CCN1c1ccnc2c1cnn2C. The zero-order chi connectivity index (χ0) is 23.8. The van der Waals surface area contributed by atoms with Crippen molar-refractivity contribution in [1.29, 1.82) is 0 Å². The van der Waals surface area contributed by atoms with Crippen molar-refractivity contribution in [3.05, 3.63) is 36.3 Å². The standard InChI is InChI=1S/C21H24F3N7O2/c1-4-13-12-30(9-10-31(13)15-7-8-25-19-14(15)11-26-29(19)2)20(32)28-17-6-5-16(33-3)18(27-17)21(22,23)24/h5-8,11,13H,4,9-10,12H2,1-3H3,(H,27,28,32)/t13-/m0/s1. The highest BCUT2D eigenvalue weighted by atomic mass is 19.4. The van der Waals surface area contributed by atoms with Crippen molar-refractivity contribution in [2.45, 2.75) is 25.6 Å². The summed E-state index contributed by atoms with van der Waals surface area (Å²) in [6.07, 6.45) is -0.421. The second-order valence-electron chi connectivity index (χ2n) is 7.71. The number of aromatic nitrogens is 4. The quantitative estimate of drug-likeness (QED) is 0.637. The molecule has 1 aliphatic rings. The highest BCUT2D eigenvalue weighted by Gasteiger charge is 2.37. The molecule has 33 heavy (non-hydrogen) atoms. The van der Waals surface area contributed by atoms with Gasteiger partial charge in [0.05, 0.1) is 24.4 Å². The number of urea groups is 1. The van der Waals surface area contributed by atoms with E-state index in [1.54, 1.807) is 22.0 Å². The molecule has 1 atom stereocenters. The van der Waals surface area contributed by atoms with Crippen LogP contribution in [0, 0.1) is 0 Å². The molecule has 0 spiro atoms. The van der Waals surface area contributed by atoms with Crippen molar-refractivity contribution in [3.63, 3.8) is 0 Å². The Morgan fingerprint density at radius 3 is 2.76 bits per heavy atom. The molecule has 0 unspecified atom stereocenters. The lowest BCUT2D eigenvalue weighted by Crippen LogP contribution is -2.55. The molecule has 0 saturated carbocycles. The molecule has 3 aromatic rings. The van der Waals surface area contributed by atoms with Crippen molar-refractivity contribution >= 4 is 28.6 Å². The molecule has 0 bridgehead atoms. The average Bonchev–Trinajstić information content (AvgIpc) is 3.19. The fraction of sp³-hybridized carbons (Fsp3) is 0.429. The molecular formula is C21H24F3N7O2. The average molecular weight is 463 g/mol. The zero-order valence-electron chi connectivity index (χ0n) is 18.4. The summed E-state index contributed by atoms with van der Waals surface area (Å²) in [6.45, 7) is 3.40. The van der Waals surface area contributed by atoms with E-state index >= 15 is 0 Å². The van der Waals surface area contributed by atoms with Crippen LogP contribution >= 0.6 is 0 Å². The number of aryl methyl sites for hydroxylation is 1. The summed E-state index contributed by atoms with van der Waals surface area (Å²) in [5, 5.41) is 7.70.